The minimum absolute atomic E-state index is 0.168. The fraction of sp³-hybridized carbons (Fsp3) is 0.143. The fourth-order valence-electron chi connectivity index (χ4n) is 1.35. The van der Waals surface area contributed by atoms with Crippen LogP contribution in [0.4, 0.5) is 4.39 Å². The number of hydrogen-bond acceptors (Lipinski definition) is 2. The molecule has 0 aliphatic rings. The van der Waals surface area contributed by atoms with Crippen molar-refractivity contribution >= 4 is 11.6 Å². The van der Waals surface area contributed by atoms with Crippen molar-refractivity contribution in [3.05, 3.63) is 53.1 Å². The molecule has 0 bridgehead atoms. The van der Waals surface area contributed by atoms with E-state index in [2.05, 4.69) is 4.98 Å². The maximum atomic E-state index is 13.0. The summed E-state index contributed by atoms with van der Waals surface area (Å²) in [6, 6.07) is 9.58. The van der Waals surface area contributed by atoms with Gasteiger partial charge in [-0.1, -0.05) is 37.6 Å². The zero-order valence-electron chi connectivity index (χ0n) is 10.1. The summed E-state index contributed by atoms with van der Waals surface area (Å²) in [6.45, 7) is 4.00. The largest absolute Gasteiger partial charge is 0.243 e. The van der Waals surface area contributed by atoms with Crippen molar-refractivity contribution in [1.29, 1.82) is 5.26 Å². The van der Waals surface area contributed by atoms with Crippen LogP contribution in [-0.2, 0) is 0 Å². The lowest BCUT2D eigenvalue weighted by Crippen LogP contribution is -1.87. The quantitative estimate of drug-likeness (QED) is 0.762. The van der Waals surface area contributed by atoms with Crippen LogP contribution in [0.25, 0.3) is 11.1 Å². The van der Waals surface area contributed by atoms with Gasteiger partial charge >= 0.3 is 0 Å². The van der Waals surface area contributed by atoms with Crippen LogP contribution in [0, 0.1) is 17.1 Å². The van der Waals surface area contributed by atoms with E-state index >= 15 is 0 Å². The molecule has 2 rings (SSSR count). The highest BCUT2D eigenvalue weighted by atomic mass is 35.5. The van der Waals surface area contributed by atoms with Crippen molar-refractivity contribution in [3.8, 4) is 17.2 Å². The lowest BCUT2D eigenvalue weighted by Gasteiger charge is -2.02. The van der Waals surface area contributed by atoms with Gasteiger partial charge in [-0.05, 0) is 23.8 Å². The Morgan fingerprint density at radius 1 is 1.22 bits per heavy atom. The molecule has 0 aliphatic heterocycles. The summed E-state index contributed by atoms with van der Waals surface area (Å²) in [6.07, 6.45) is 1.50. The van der Waals surface area contributed by atoms with E-state index in [9.17, 15) is 4.39 Å². The van der Waals surface area contributed by atoms with Crippen molar-refractivity contribution in [2.45, 2.75) is 13.8 Å². The first kappa shape index (κ1) is 14.1. The summed E-state index contributed by atoms with van der Waals surface area (Å²) in [5.41, 5.74) is 1.53. The predicted molar refractivity (Wildman–Crippen MR) is 70.7 cm³/mol. The number of nitriles is 1. The van der Waals surface area contributed by atoms with E-state index in [1.807, 2.05) is 19.9 Å². The molecule has 2 aromatic rings. The molecule has 0 unspecified atom stereocenters. The molecule has 4 heteroatoms. The highest BCUT2D eigenvalue weighted by Gasteiger charge is 2.05. The number of aromatic nitrogens is 1. The zero-order chi connectivity index (χ0) is 13.5. The van der Waals surface area contributed by atoms with Gasteiger partial charge in [-0.15, -0.1) is 0 Å². The van der Waals surface area contributed by atoms with Gasteiger partial charge in [-0.3, -0.25) is 0 Å². The molecule has 0 saturated heterocycles. The normalized spacial score (nSPS) is 9.06. The van der Waals surface area contributed by atoms with Crippen LogP contribution in [0.15, 0.2) is 36.5 Å². The van der Waals surface area contributed by atoms with Crippen molar-refractivity contribution in [2.75, 3.05) is 0 Å². The molecule has 0 amide bonds. The van der Waals surface area contributed by atoms with E-state index < -0.39 is 0 Å². The molecule has 1 aromatic heterocycles. The third-order valence-corrected chi connectivity index (χ3v) is 2.39. The zero-order valence-corrected chi connectivity index (χ0v) is 10.9. The van der Waals surface area contributed by atoms with E-state index in [0.717, 1.165) is 0 Å². The molecule has 0 radical (unpaired) electrons. The Kier molecular flexibility index (Phi) is 5.29. The standard InChI is InChI=1S/C12H6ClFN2.C2H6/c13-11-5-9(7-16-12(11)6-15)8-2-1-3-10(14)4-8;1-2/h1-5,7H;1-2H3. The lowest BCUT2D eigenvalue weighted by molar-refractivity contribution is 0.628. The molecule has 2 nitrogen and oxygen atoms in total. The summed E-state index contributed by atoms with van der Waals surface area (Å²) < 4.78 is 13.0. The topological polar surface area (TPSA) is 36.7 Å². The van der Waals surface area contributed by atoms with Gasteiger partial charge in [0.15, 0.2) is 5.69 Å². The van der Waals surface area contributed by atoms with Gasteiger partial charge in [-0.25, -0.2) is 9.37 Å². The Bertz CT molecular complexity index is 576. The maximum absolute atomic E-state index is 13.0. The molecule has 1 aromatic carbocycles. The molecule has 0 saturated carbocycles. The molecular weight excluding hydrogens is 251 g/mol. The van der Waals surface area contributed by atoms with Crippen LogP contribution in [0.3, 0.4) is 0 Å². The second-order valence-corrected chi connectivity index (χ2v) is 3.58. The number of hydrogen-bond donors (Lipinski definition) is 0. The van der Waals surface area contributed by atoms with Crippen LogP contribution >= 0.6 is 11.6 Å². The monoisotopic (exact) mass is 262 g/mol. The van der Waals surface area contributed by atoms with Gasteiger partial charge in [0, 0.05) is 11.8 Å². The van der Waals surface area contributed by atoms with Gasteiger partial charge in [0.2, 0.25) is 0 Å². The SMILES string of the molecule is CC.N#Cc1ncc(-c2cccc(F)c2)cc1Cl. The minimum Gasteiger partial charge on any atom is -0.243 e. The summed E-state index contributed by atoms with van der Waals surface area (Å²) in [5.74, 6) is -0.321. The number of benzene rings is 1. The van der Waals surface area contributed by atoms with Crippen molar-refractivity contribution in [2.24, 2.45) is 0 Å². The van der Waals surface area contributed by atoms with Gasteiger partial charge < -0.3 is 0 Å². The maximum Gasteiger partial charge on any atom is 0.159 e. The molecule has 0 spiro atoms. The van der Waals surface area contributed by atoms with Gasteiger partial charge in [0.05, 0.1) is 5.02 Å². The second-order valence-electron chi connectivity index (χ2n) is 3.18. The first-order valence-corrected chi connectivity index (χ1v) is 5.90. The smallest absolute Gasteiger partial charge is 0.159 e. The first-order valence-electron chi connectivity index (χ1n) is 5.52. The van der Waals surface area contributed by atoms with Crippen LogP contribution in [0.5, 0.6) is 0 Å². The lowest BCUT2D eigenvalue weighted by atomic mass is 10.1. The average Bonchev–Trinajstić information content (AvgIpc) is 2.41. The van der Waals surface area contributed by atoms with E-state index in [1.165, 1.54) is 18.3 Å². The summed E-state index contributed by atoms with van der Waals surface area (Å²) in [7, 11) is 0. The molecule has 0 aliphatic carbocycles. The van der Waals surface area contributed by atoms with Gasteiger partial charge in [0.1, 0.15) is 11.9 Å². The molecule has 0 atom stereocenters. The Labute approximate surface area is 111 Å². The molecule has 1 heterocycles. The summed E-state index contributed by atoms with van der Waals surface area (Å²) in [4.78, 5) is 3.89. The Hall–Kier alpha value is -1.92. The van der Waals surface area contributed by atoms with Crippen molar-refractivity contribution < 1.29 is 4.39 Å². The number of halogens is 2. The van der Waals surface area contributed by atoms with E-state index in [0.29, 0.717) is 11.1 Å². The number of nitrogens with zero attached hydrogens (tertiary/aromatic N) is 2. The van der Waals surface area contributed by atoms with Crippen molar-refractivity contribution in [1.82, 2.24) is 4.98 Å². The Morgan fingerprint density at radius 2 is 1.94 bits per heavy atom. The second kappa shape index (κ2) is 6.73. The highest BCUT2D eigenvalue weighted by Crippen LogP contribution is 2.23. The van der Waals surface area contributed by atoms with E-state index in [-0.39, 0.29) is 16.5 Å². The van der Waals surface area contributed by atoms with Crippen LogP contribution in [0.2, 0.25) is 5.02 Å². The third kappa shape index (κ3) is 3.28. The molecule has 0 N–H and O–H groups in total. The minimum atomic E-state index is -0.321. The molecule has 0 fully saturated rings. The van der Waals surface area contributed by atoms with E-state index in [1.54, 1.807) is 18.2 Å². The van der Waals surface area contributed by atoms with Gasteiger partial charge in [-0.2, -0.15) is 5.26 Å². The third-order valence-electron chi connectivity index (χ3n) is 2.11. The predicted octanol–water partition coefficient (Wildman–Crippen LogP) is 4.44. The fourth-order valence-corrected chi connectivity index (χ4v) is 1.55. The average molecular weight is 263 g/mol. The number of pyridine rings is 1. The van der Waals surface area contributed by atoms with Crippen LogP contribution in [0.1, 0.15) is 19.5 Å². The summed E-state index contributed by atoms with van der Waals surface area (Å²) in [5, 5.41) is 8.93. The molecule has 92 valence electrons. The van der Waals surface area contributed by atoms with Crippen LogP contribution < -0.4 is 0 Å². The Morgan fingerprint density at radius 3 is 2.50 bits per heavy atom. The summed E-state index contributed by atoms with van der Waals surface area (Å²) >= 11 is 5.84. The molecule has 18 heavy (non-hydrogen) atoms. The van der Waals surface area contributed by atoms with Crippen molar-refractivity contribution in [3.63, 3.8) is 0 Å². The van der Waals surface area contributed by atoms with Crippen LogP contribution in [-0.4, -0.2) is 4.98 Å². The first-order chi connectivity index (χ1) is 8.70. The molecular formula is C14H12ClFN2. The number of rotatable bonds is 1. The van der Waals surface area contributed by atoms with E-state index in [4.69, 9.17) is 16.9 Å². The van der Waals surface area contributed by atoms with Gasteiger partial charge in [0.25, 0.3) is 0 Å². The highest BCUT2D eigenvalue weighted by molar-refractivity contribution is 6.31. The Balaban J connectivity index is 0.000000771.